The summed E-state index contributed by atoms with van der Waals surface area (Å²) in [4.78, 5) is 12.2. The Morgan fingerprint density at radius 1 is 1.15 bits per heavy atom. The summed E-state index contributed by atoms with van der Waals surface area (Å²) in [6.45, 7) is 0.475. The van der Waals surface area contributed by atoms with E-state index in [1.807, 2.05) is 24.3 Å². The highest BCUT2D eigenvalue weighted by Crippen LogP contribution is 2.31. The van der Waals surface area contributed by atoms with E-state index in [1.54, 1.807) is 0 Å². The summed E-state index contributed by atoms with van der Waals surface area (Å²) in [7, 11) is 0. The van der Waals surface area contributed by atoms with Gasteiger partial charge in [0.1, 0.15) is 11.6 Å². The molecule has 3 rings (SSSR count). The molecule has 1 atom stereocenters. The Morgan fingerprint density at radius 3 is 2.60 bits per heavy atom. The standard InChI is InChI=1S/C15H12F2N2O/c16-9-5-10(17)7-11(6-9)19-15(20)13-8-18-14-4-2-1-3-12(13)14/h1-7,13,18H,8H2,(H,19,20). The van der Waals surface area contributed by atoms with Crippen molar-refractivity contribution in [3.63, 3.8) is 0 Å². The average molecular weight is 274 g/mol. The highest BCUT2D eigenvalue weighted by molar-refractivity contribution is 5.98. The SMILES string of the molecule is O=C(Nc1cc(F)cc(F)c1)C1CNc2ccccc21. The second kappa shape index (κ2) is 4.92. The van der Waals surface area contributed by atoms with Crippen LogP contribution >= 0.6 is 0 Å². The lowest BCUT2D eigenvalue weighted by atomic mass is 10.0. The van der Waals surface area contributed by atoms with Gasteiger partial charge < -0.3 is 10.6 Å². The van der Waals surface area contributed by atoms with Gasteiger partial charge in [-0.25, -0.2) is 8.78 Å². The van der Waals surface area contributed by atoms with Crippen molar-refractivity contribution in [3.8, 4) is 0 Å². The van der Waals surface area contributed by atoms with E-state index in [0.29, 0.717) is 6.54 Å². The molecular formula is C15H12F2N2O. The Balaban J connectivity index is 1.81. The fourth-order valence-corrected chi connectivity index (χ4v) is 2.37. The van der Waals surface area contributed by atoms with Crippen molar-refractivity contribution in [2.45, 2.75) is 5.92 Å². The van der Waals surface area contributed by atoms with E-state index in [2.05, 4.69) is 10.6 Å². The van der Waals surface area contributed by atoms with E-state index in [0.717, 1.165) is 29.4 Å². The van der Waals surface area contributed by atoms with Gasteiger partial charge in [-0.05, 0) is 23.8 Å². The number of carbonyl (C=O) groups is 1. The number of carbonyl (C=O) groups excluding carboxylic acids is 1. The molecule has 1 amide bonds. The number of hydrogen-bond acceptors (Lipinski definition) is 2. The second-order valence-electron chi connectivity index (χ2n) is 4.67. The third-order valence-electron chi connectivity index (χ3n) is 3.28. The van der Waals surface area contributed by atoms with Gasteiger partial charge in [-0.1, -0.05) is 18.2 Å². The molecule has 0 aliphatic carbocycles. The molecule has 1 heterocycles. The van der Waals surface area contributed by atoms with Crippen molar-refractivity contribution in [2.24, 2.45) is 0 Å². The average Bonchev–Trinajstić information content (AvgIpc) is 2.81. The lowest BCUT2D eigenvalue weighted by Crippen LogP contribution is -2.22. The summed E-state index contributed by atoms with van der Waals surface area (Å²) >= 11 is 0. The topological polar surface area (TPSA) is 41.1 Å². The summed E-state index contributed by atoms with van der Waals surface area (Å²) in [6, 6.07) is 10.4. The molecule has 0 fully saturated rings. The molecule has 0 aromatic heterocycles. The molecule has 0 radical (unpaired) electrons. The monoisotopic (exact) mass is 274 g/mol. The van der Waals surface area contributed by atoms with Crippen molar-refractivity contribution in [2.75, 3.05) is 17.2 Å². The number of benzene rings is 2. The Morgan fingerprint density at radius 2 is 1.85 bits per heavy atom. The van der Waals surface area contributed by atoms with Gasteiger partial charge in [-0.15, -0.1) is 0 Å². The maximum absolute atomic E-state index is 13.1. The number of hydrogen-bond donors (Lipinski definition) is 2. The molecule has 2 N–H and O–H groups in total. The number of anilines is 2. The predicted octanol–water partition coefficient (Wildman–Crippen LogP) is 3.11. The second-order valence-corrected chi connectivity index (χ2v) is 4.67. The van der Waals surface area contributed by atoms with Crippen LogP contribution < -0.4 is 10.6 Å². The number of para-hydroxylation sites is 1. The maximum Gasteiger partial charge on any atom is 0.233 e. The van der Waals surface area contributed by atoms with Crippen molar-refractivity contribution >= 4 is 17.3 Å². The van der Waals surface area contributed by atoms with Crippen LogP contribution in [0.25, 0.3) is 0 Å². The van der Waals surface area contributed by atoms with Crippen molar-refractivity contribution in [1.29, 1.82) is 0 Å². The van der Waals surface area contributed by atoms with Gasteiger partial charge in [0.2, 0.25) is 5.91 Å². The van der Waals surface area contributed by atoms with E-state index in [9.17, 15) is 13.6 Å². The van der Waals surface area contributed by atoms with Crippen LogP contribution in [0.4, 0.5) is 20.2 Å². The molecule has 0 saturated carbocycles. The highest BCUT2D eigenvalue weighted by Gasteiger charge is 2.28. The first-order valence-electron chi connectivity index (χ1n) is 6.23. The van der Waals surface area contributed by atoms with Crippen LogP contribution in [0.2, 0.25) is 0 Å². The molecule has 1 aliphatic rings. The van der Waals surface area contributed by atoms with Crippen LogP contribution in [0.15, 0.2) is 42.5 Å². The zero-order valence-electron chi connectivity index (χ0n) is 10.5. The summed E-state index contributed by atoms with van der Waals surface area (Å²) in [5.74, 6) is -2.08. The third kappa shape index (κ3) is 2.34. The van der Waals surface area contributed by atoms with Crippen molar-refractivity contribution in [3.05, 3.63) is 59.7 Å². The van der Waals surface area contributed by atoms with Crippen LogP contribution in [-0.2, 0) is 4.79 Å². The van der Waals surface area contributed by atoms with E-state index in [-0.39, 0.29) is 17.5 Å². The molecule has 2 aromatic carbocycles. The normalized spacial score (nSPS) is 16.4. The molecule has 3 nitrogen and oxygen atoms in total. The van der Waals surface area contributed by atoms with E-state index < -0.39 is 11.6 Å². The Hall–Kier alpha value is -2.43. The van der Waals surface area contributed by atoms with Gasteiger partial charge in [-0.3, -0.25) is 4.79 Å². The number of rotatable bonds is 2. The van der Waals surface area contributed by atoms with Crippen LogP contribution in [0.1, 0.15) is 11.5 Å². The zero-order chi connectivity index (χ0) is 14.1. The molecule has 0 bridgehead atoms. The van der Waals surface area contributed by atoms with Gasteiger partial charge in [0.05, 0.1) is 5.92 Å². The zero-order valence-corrected chi connectivity index (χ0v) is 10.5. The van der Waals surface area contributed by atoms with Crippen LogP contribution in [0.3, 0.4) is 0 Å². The molecule has 1 unspecified atom stereocenters. The van der Waals surface area contributed by atoms with E-state index >= 15 is 0 Å². The van der Waals surface area contributed by atoms with E-state index in [4.69, 9.17) is 0 Å². The molecular weight excluding hydrogens is 262 g/mol. The van der Waals surface area contributed by atoms with Gasteiger partial charge >= 0.3 is 0 Å². The first-order valence-corrected chi connectivity index (χ1v) is 6.23. The number of fused-ring (bicyclic) bond motifs is 1. The fraction of sp³-hybridized carbons (Fsp3) is 0.133. The van der Waals surface area contributed by atoms with Gasteiger partial charge in [-0.2, -0.15) is 0 Å². The summed E-state index contributed by atoms with van der Waals surface area (Å²) < 4.78 is 26.2. The predicted molar refractivity (Wildman–Crippen MR) is 72.7 cm³/mol. The molecule has 20 heavy (non-hydrogen) atoms. The molecule has 1 aliphatic heterocycles. The lowest BCUT2D eigenvalue weighted by molar-refractivity contribution is -0.117. The third-order valence-corrected chi connectivity index (χ3v) is 3.28. The minimum atomic E-state index is -0.717. The highest BCUT2D eigenvalue weighted by atomic mass is 19.1. The van der Waals surface area contributed by atoms with Crippen molar-refractivity contribution < 1.29 is 13.6 Å². The van der Waals surface area contributed by atoms with Gasteiger partial charge in [0, 0.05) is 24.0 Å². The minimum absolute atomic E-state index is 0.122. The Bertz CT molecular complexity index is 652. The summed E-state index contributed by atoms with van der Waals surface area (Å²) in [5, 5.41) is 5.68. The molecule has 0 saturated heterocycles. The Labute approximate surface area is 114 Å². The fourth-order valence-electron chi connectivity index (χ4n) is 2.37. The first kappa shape index (κ1) is 12.6. The Kier molecular flexibility index (Phi) is 3.10. The number of halogens is 2. The molecule has 5 heteroatoms. The van der Waals surface area contributed by atoms with Crippen LogP contribution in [0.5, 0.6) is 0 Å². The molecule has 2 aromatic rings. The van der Waals surface area contributed by atoms with Gasteiger partial charge in [0.15, 0.2) is 0 Å². The minimum Gasteiger partial charge on any atom is -0.384 e. The van der Waals surface area contributed by atoms with E-state index in [1.165, 1.54) is 0 Å². The smallest absolute Gasteiger partial charge is 0.233 e. The summed E-state index contributed by atoms with van der Waals surface area (Å²) in [5.41, 5.74) is 1.93. The number of amides is 1. The lowest BCUT2D eigenvalue weighted by Gasteiger charge is -2.11. The van der Waals surface area contributed by atoms with Crippen molar-refractivity contribution in [1.82, 2.24) is 0 Å². The molecule has 0 spiro atoms. The quantitative estimate of drug-likeness (QED) is 0.883. The van der Waals surface area contributed by atoms with Gasteiger partial charge in [0.25, 0.3) is 0 Å². The number of nitrogens with one attached hydrogen (secondary N) is 2. The first-order chi connectivity index (χ1) is 9.63. The summed E-state index contributed by atoms with van der Waals surface area (Å²) in [6.07, 6.45) is 0. The maximum atomic E-state index is 13.1. The van der Waals surface area contributed by atoms with Crippen LogP contribution in [0, 0.1) is 11.6 Å². The van der Waals surface area contributed by atoms with Crippen LogP contribution in [-0.4, -0.2) is 12.5 Å². The largest absolute Gasteiger partial charge is 0.384 e. The molecule has 102 valence electrons.